The maximum Gasteiger partial charge on any atom is -0.0149 e. The van der Waals surface area contributed by atoms with E-state index in [2.05, 4.69) is 0 Å². The first-order valence-corrected chi connectivity index (χ1v) is 0. The molecule has 0 bridgehead atoms. The van der Waals surface area contributed by atoms with Gasteiger partial charge < -0.3 is 36.9 Å². The third kappa shape index (κ3) is 676. The van der Waals surface area contributed by atoms with Crippen LogP contribution in [0.4, 0.5) is 9.41 Å². The second-order valence-corrected chi connectivity index (χ2v) is 0. The first-order valence-electron chi connectivity index (χ1n) is 0. The van der Waals surface area contributed by atoms with Crippen LogP contribution in [0.25, 0.3) is 0 Å². The Morgan fingerprint density at radius 3 is 0.333 bits per heavy atom. The molecule has 0 aliphatic heterocycles. The zero-order valence-corrected chi connectivity index (χ0v) is 15.3. The van der Waals surface area contributed by atoms with Crippen molar-refractivity contribution in [2.45, 2.75) is 0 Å². The standard InChI is InChI=1S/2BrH.2FH.6H3N.4H2S.H4Si/h4*1H;6*1H3;4*1H2;1H4. The molecule has 120 valence electrons. The van der Waals surface area contributed by atoms with Crippen LogP contribution in [-0.4, -0.2) is 11.0 Å². The van der Waals surface area contributed by atoms with Gasteiger partial charge in [0.1, 0.15) is 0 Å². The van der Waals surface area contributed by atoms with E-state index in [1.165, 1.54) is 0 Å². The highest BCUT2D eigenvalue weighted by Gasteiger charge is -0.0148. The summed E-state index contributed by atoms with van der Waals surface area (Å²) in [7, 11) is 0. The molecule has 0 saturated heterocycles. The quantitative estimate of drug-likeness (QED) is 0.287. The van der Waals surface area contributed by atoms with Crippen LogP contribution in [0, 0.1) is 0 Å². The molecule has 0 rings (SSSR count). The molecule has 0 aliphatic carbocycles. The summed E-state index contributed by atoms with van der Waals surface area (Å²) in [5.41, 5.74) is 0. The first kappa shape index (κ1) is 935. The Bertz CT molecular complexity index is 31.1. The van der Waals surface area contributed by atoms with E-state index in [-0.39, 0.29) is 145 Å². The van der Waals surface area contributed by atoms with Gasteiger partial charge in [0.05, 0.1) is 0 Å². The molecule has 0 heterocycles. The summed E-state index contributed by atoms with van der Waals surface area (Å²) in [6, 6.07) is 0. The Morgan fingerprint density at radius 2 is 0.333 bits per heavy atom. The fraction of sp³-hybridized carbons (Fsp3) is 0. The highest BCUT2D eigenvalue weighted by molar-refractivity contribution is 8.93. The predicted molar refractivity (Wildman–Crippen MR) is 109 cm³/mol. The monoisotopic (exact) mass is 470 g/mol. The van der Waals surface area contributed by atoms with Crippen LogP contribution >= 0.6 is 87.9 Å². The van der Waals surface area contributed by atoms with Crippen molar-refractivity contribution >= 4 is 98.9 Å². The molecular formula is H34Br2F2N6S4Si. The molecule has 15 heteroatoms. The van der Waals surface area contributed by atoms with Gasteiger partial charge in [0, 0.05) is 0 Å². The van der Waals surface area contributed by atoms with Gasteiger partial charge in [0.15, 0.2) is 0 Å². The largest absolute Gasteiger partial charge is 0.344 e. The molecule has 0 spiro atoms. The topological polar surface area (TPSA) is 210 Å². The fourth-order valence-electron chi connectivity index (χ4n) is 0. The average molecular weight is 472 g/mol. The summed E-state index contributed by atoms with van der Waals surface area (Å²) < 4.78 is 0. The Hall–Kier alpha value is 2.20. The molecule has 0 amide bonds. The minimum atomic E-state index is 0. The lowest BCUT2D eigenvalue weighted by molar-refractivity contribution is 1.11. The van der Waals surface area contributed by atoms with Crippen LogP contribution in [0.1, 0.15) is 0 Å². The Kier molecular flexibility index (Phi) is 48300. The van der Waals surface area contributed by atoms with E-state index in [9.17, 15) is 0 Å². The average Bonchev–Trinajstić information content (AvgIpc) is 0. The van der Waals surface area contributed by atoms with Crippen LogP contribution in [0.3, 0.4) is 0 Å². The Morgan fingerprint density at radius 1 is 0.333 bits per heavy atom. The summed E-state index contributed by atoms with van der Waals surface area (Å²) in [6.45, 7) is 0. The molecule has 0 unspecified atom stereocenters. The van der Waals surface area contributed by atoms with Crippen molar-refractivity contribution in [2.24, 2.45) is 0 Å². The lowest BCUT2D eigenvalue weighted by Crippen LogP contribution is -0.482. The minimum Gasteiger partial charge on any atom is -0.344 e. The molecule has 0 atom stereocenters. The van der Waals surface area contributed by atoms with Crippen LogP contribution in [-0.2, 0) is 0 Å². The normalized spacial score (nSPS) is 0. The molecular weight excluding hydrogens is 438 g/mol. The molecule has 6 nitrogen and oxygen atoms in total. The smallest absolute Gasteiger partial charge is 0.0149 e. The van der Waals surface area contributed by atoms with Gasteiger partial charge in [-0.25, -0.2) is 0 Å². The van der Waals surface area contributed by atoms with E-state index in [1.54, 1.807) is 0 Å². The molecule has 15 heavy (non-hydrogen) atoms. The molecule has 0 aromatic carbocycles. The minimum absolute atomic E-state index is 0. The number of hydrogen-bond donors (Lipinski definition) is 6. The van der Waals surface area contributed by atoms with E-state index in [0.29, 0.717) is 0 Å². The number of rotatable bonds is 0. The molecule has 0 aromatic rings. The Balaban J connectivity index is 0. The van der Waals surface area contributed by atoms with Gasteiger partial charge in [-0.05, 0) is 11.0 Å². The second-order valence-electron chi connectivity index (χ2n) is 0. The van der Waals surface area contributed by atoms with Crippen molar-refractivity contribution in [1.29, 1.82) is 0 Å². The summed E-state index contributed by atoms with van der Waals surface area (Å²) in [5.74, 6) is 0. The van der Waals surface area contributed by atoms with Crippen LogP contribution in [0.2, 0.25) is 0 Å². The third-order valence-electron chi connectivity index (χ3n) is 0. The molecule has 0 aromatic heterocycles. The highest BCUT2D eigenvalue weighted by atomic mass is 79.9. The molecule has 0 aliphatic rings. The third-order valence-corrected chi connectivity index (χ3v) is 0. The van der Waals surface area contributed by atoms with Gasteiger partial charge >= 0.3 is 0 Å². The van der Waals surface area contributed by atoms with Gasteiger partial charge in [0.25, 0.3) is 0 Å². The van der Waals surface area contributed by atoms with Gasteiger partial charge in [-0.1, -0.05) is 0 Å². The lowest BCUT2D eigenvalue weighted by atomic mass is 14.0. The van der Waals surface area contributed by atoms with E-state index in [0.717, 1.165) is 0 Å². The molecule has 18 N–H and O–H groups in total. The Labute approximate surface area is 144 Å². The summed E-state index contributed by atoms with van der Waals surface area (Å²) in [6.07, 6.45) is 0. The molecule has 0 saturated carbocycles. The number of halogens is 4. The SMILES string of the molecule is Br.Br.F.F.N.N.N.N.N.N.S.S.S.S.[SiH4]. The van der Waals surface area contributed by atoms with Crippen molar-refractivity contribution in [3.8, 4) is 0 Å². The van der Waals surface area contributed by atoms with E-state index < -0.39 is 0 Å². The molecule has 0 fully saturated rings. The predicted octanol–water partition coefficient (Wildman–Crippen LogP) is 1.43. The molecule has 0 radical (unpaired) electrons. The maximum absolute atomic E-state index is 0. The van der Waals surface area contributed by atoms with Crippen LogP contribution < -0.4 is 36.9 Å². The van der Waals surface area contributed by atoms with Crippen LogP contribution in [0.15, 0.2) is 0 Å². The van der Waals surface area contributed by atoms with E-state index >= 15 is 0 Å². The van der Waals surface area contributed by atoms with E-state index in [1.807, 2.05) is 0 Å². The zero-order valence-electron chi connectivity index (χ0n) is 7.88. The summed E-state index contributed by atoms with van der Waals surface area (Å²) in [4.78, 5) is 0. The summed E-state index contributed by atoms with van der Waals surface area (Å²) in [5, 5.41) is 0. The van der Waals surface area contributed by atoms with Crippen molar-refractivity contribution in [3.63, 3.8) is 0 Å². The van der Waals surface area contributed by atoms with Crippen molar-refractivity contribution in [3.05, 3.63) is 0 Å². The second kappa shape index (κ2) is 775. The van der Waals surface area contributed by atoms with Crippen molar-refractivity contribution in [1.82, 2.24) is 36.9 Å². The van der Waals surface area contributed by atoms with Gasteiger partial charge in [-0.2, -0.15) is 54.0 Å². The maximum atomic E-state index is 0. The van der Waals surface area contributed by atoms with E-state index in [4.69, 9.17) is 0 Å². The van der Waals surface area contributed by atoms with Gasteiger partial charge in [-0.15, -0.1) is 34.0 Å². The number of hydrogen-bond acceptors (Lipinski definition) is 6. The zero-order chi connectivity index (χ0) is 0. The lowest BCUT2D eigenvalue weighted by Gasteiger charge is -0.345. The first-order chi connectivity index (χ1) is 0. The van der Waals surface area contributed by atoms with Gasteiger partial charge in [-0.3, -0.25) is 9.41 Å². The van der Waals surface area contributed by atoms with Gasteiger partial charge in [0.2, 0.25) is 0 Å². The van der Waals surface area contributed by atoms with Crippen molar-refractivity contribution < 1.29 is 9.41 Å². The van der Waals surface area contributed by atoms with Crippen molar-refractivity contribution in [2.75, 3.05) is 0 Å². The summed E-state index contributed by atoms with van der Waals surface area (Å²) >= 11 is 0. The highest BCUT2D eigenvalue weighted by Crippen LogP contribution is 0.847. The van der Waals surface area contributed by atoms with Crippen LogP contribution in [0.5, 0.6) is 0 Å². The fourth-order valence-corrected chi connectivity index (χ4v) is 0.